The van der Waals surface area contributed by atoms with Gasteiger partial charge >= 0.3 is 0 Å². The molecule has 0 unspecified atom stereocenters. The molecule has 0 bridgehead atoms. The van der Waals surface area contributed by atoms with Crippen LogP contribution in [0.25, 0.3) is 5.69 Å². The van der Waals surface area contributed by atoms with Gasteiger partial charge in [-0.25, -0.2) is 27.2 Å². The van der Waals surface area contributed by atoms with Gasteiger partial charge in [0.25, 0.3) is 5.92 Å². The second-order valence-electron chi connectivity index (χ2n) is 10.9. The summed E-state index contributed by atoms with van der Waals surface area (Å²) in [4.78, 5) is 11.7. The number of nitrogens with two attached hydrogens (primary N) is 1. The molecule has 1 aliphatic carbocycles. The maximum atomic E-state index is 15.9. The summed E-state index contributed by atoms with van der Waals surface area (Å²) in [6.45, 7) is 3.50. The molecule has 1 aromatic carbocycles. The van der Waals surface area contributed by atoms with Crippen molar-refractivity contribution in [2.24, 2.45) is 0 Å². The molecule has 2 aliphatic heterocycles. The minimum absolute atomic E-state index is 0.00126. The number of halogens is 4. The fourth-order valence-corrected chi connectivity index (χ4v) is 6.00. The number of anilines is 3. The molecule has 3 aliphatic rings. The average Bonchev–Trinajstić information content (AvgIpc) is 3.41. The number of hydrogen-bond donors (Lipinski definition) is 1. The number of fused-ring (bicyclic) bond motifs is 1. The van der Waals surface area contributed by atoms with Gasteiger partial charge in [0.2, 0.25) is 5.95 Å². The van der Waals surface area contributed by atoms with E-state index in [-0.39, 0.29) is 36.3 Å². The summed E-state index contributed by atoms with van der Waals surface area (Å²) < 4.78 is 60.3. The standard InChI is InChI=1S/C24H27F4N9/c1-23(2)8-15(5-14-9-24(27,28)11-35(14)23)37(22-30-10-18(26)21(29)32-22)20-7-19(36-12-31-33-34-36)16(6-17(20)25)13-3-4-13/h6-7,10,12-15H,3-5,8-9,11H2,1-2H3,(H2,29,30,32)/t14-,15-/m1/s1. The Hall–Kier alpha value is -3.35. The zero-order valence-corrected chi connectivity index (χ0v) is 20.5. The van der Waals surface area contributed by atoms with Gasteiger partial charge in [0.1, 0.15) is 12.1 Å². The lowest BCUT2D eigenvalue weighted by Gasteiger charge is -2.50. The second-order valence-corrected chi connectivity index (χ2v) is 10.9. The van der Waals surface area contributed by atoms with Gasteiger partial charge in [0.05, 0.1) is 24.1 Å². The topological polar surface area (TPSA) is 102 Å². The van der Waals surface area contributed by atoms with Crippen molar-refractivity contribution in [2.45, 2.75) is 75.4 Å². The zero-order chi connectivity index (χ0) is 26.1. The number of piperidine rings is 1. The van der Waals surface area contributed by atoms with Crippen LogP contribution in [-0.4, -0.2) is 65.2 Å². The fourth-order valence-electron chi connectivity index (χ4n) is 6.00. The molecule has 4 heterocycles. The first-order valence-electron chi connectivity index (χ1n) is 12.3. The SMILES string of the molecule is CC1(C)C[C@H](N(c2ncc(F)c(N)n2)c2cc(-n3cnnn3)c(C3CC3)cc2F)C[C@@H]2CC(F)(F)CN21. The molecule has 13 heteroatoms. The molecule has 1 saturated carbocycles. The van der Waals surface area contributed by atoms with Crippen LogP contribution >= 0.6 is 0 Å². The Bertz CT molecular complexity index is 1330. The predicted octanol–water partition coefficient (Wildman–Crippen LogP) is 3.98. The Morgan fingerprint density at radius 2 is 1.89 bits per heavy atom. The molecule has 6 rings (SSSR count). The molecule has 3 fully saturated rings. The maximum Gasteiger partial charge on any atom is 0.262 e. The summed E-state index contributed by atoms with van der Waals surface area (Å²) in [5.41, 5.74) is 6.67. The Morgan fingerprint density at radius 3 is 2.57 bits per heavy atom. The largest absolute Gasteiger partial charge is 0.381 e. The van der Waals surface area contributed by atoms with Crippen LogP contribution in [0.3, 0.4) is 0 Å². The lowest BCUT2D eigenvalue weighted by atomic mass is 9.82. The zero-order valence-electron chi connectivity index (χ0n) is 20.5. The fraction of sp³-hybridized carbons (Fsp3) is 0.542. The van der Waals surface area contributed by atoms with E-state index in [0.29, 0.717) is 18.5 Å². The highest BCUT2D eigenvalue weighted by Crippen LogP contribution is 2.48. The van der Waals surface area contributed by atoms with Crippen LogP contribution in [0.15, 0.2) is 24.7 Å². The van der Waals surface area contributed by atoms with Crippen molar-refractivity contribution in [1.82, 2.24) is 35.1 Å². The Labute approximate surface area is 210 Å². The molecule has 0 amide bonds. The number of alkyl halides is 2. The van der Waals surface area contributed by atoms with Crippen LogP contribution in [0.1, 0.15) is 57.4 Å². The molecule has 2 aromatic heterocycles. The van der Waals surface area contributed by atoms with Gasteiger partial charge < -0.3 is 10.6 Å². The number of tetrazole rings is 1. The average molecular weight is 518 g/mol. The maximum absolute atomic E-state index is 15.9. The molecular formula is C24H27F4N9. The predicted molar refractivity (Wildman–Crippen MR) is 127 cm³/mol. The number of rotatable bonds is 5. The van der Waals surface area contributed by atoms with Crippen LogP contribution < -0.4 is 10.6 Å². The summed E-state index contributed by atoms with van der Waals surface area (Å²) >= 11 is 0. The van der Waals surface area contributed by atoms with E-state index in [2.05, 4.69) is 25.5 Å². The van der Waals surface area contributed by atoms with Crippen molar-refractivity contribution < 1.29 is 17.6 Å². The van der Waals surface area contributed by atoms with Gasteiger partial charge in [-0.15, -0.1) is 5.10 Å². The quantitative estimate of drug-likeness (QED) is 0.507. The Balaban J connectivity index is 1.49. The van der Waals surface area contributed by atoms with E-state index in [1.54, 1.807) is 11.0 Å². The summed E-state index contributed by atoms with van der Waals surface area (Å²) in [6, 6.07) is 2.22. The van der Waals surface area contributed by atoms with Gasteiger partial charge in [-0.1, -0.05) is 0 Å². The minimum Gasteiger partial charge on any atom is -0.381 e. The molecule has 196 valence electrons. The number of nitrogen functional groups attached to an aromatic ring is 1. The van der Waals surface area contributed by atoms with Crippen molar-refractivity contribution in [3.63, 3.8) is 0 Å². The number of aromatic nitrogens is 6. The first-order valence-corrected chi connectivity index (χ1v) is 12.3. The minimum atomic E-state index is -2.80. The second kappa shape index (κ2) is 8.33. The van der Waals surface area contributed by atoms with Gasteiger partial charge in [0, 0.05) is 24.0 Å². The molecular weight excluding hydrogens is 490 g/mol. The van der Waals surface area contributed by atoms with E-state index >= 15 is 4.39 Å². The van der Waals surface area contributed by atoms with E-state index < -0.39 is 35.2 Å². The lowest BCUT2D eigenvalue weighted by molar-refractivity contribution is -0.00762. The van der Waals surface area contributed by atoms with Gasteiger partial charge in [-0.2, -0.15) is 4.98 Å². The highest BCUT2D eigenvalue weighted by molar-refractivity contribution is 5.66. The van der Waals surface area contributed by atoms with Gasteiger partial charge in [-0.3, -0.25) is 4.90 Å². The number of nitrogens with zero attached hydrogens (tertiary/aromatic N) is 8. The molecule has 2 saturated heterocycles. The van der Waals surface area contributed by atoms with Gasteiger partial charge in [0.15, 0.2) is 11.6 Å². The van der Waals surface area contributed by atoms with E-state index in [9.17, 15) is 13.2 Å². The van der Waals surface area contributed by atoms with E-state index in [1.807, 2.05) is 18.7 Å². The lowest BCUT2D eigenvalue weighted by Crippen LogP contribution is -2.57. The normalized spacial score (nSPS) is 24.7. The molecule has 2 N–H and O–H groups in total. The van der Waals surface area contributed by atoms with E-state index in [4.69, 9.17) is 5.73 Å². The van der Waals surface area contributed by atoms with Crippen molar-refractivity contribution in [1.29, 1.82) is 0 Å². The van der Waals surface area contributed by atoms with Crippen molar-refractivity contribution in [3.8, 4) is 5.69 Å². The molecule has 37 heavy (non-hydrogen) atoms. The van der Waals surface area contributed by atoms with Crippen LogP contribution in [0.4, 0.5) is 35.0 Å². The first-order chi connectivity index (χ1) is 17.5. The summed E-state index contributed by atoms with van der Waals surface area (Å²) in [5.74, 6) is -4.32. The van der Waals surface area contributed by atoms with Crippen molar-refractivity contribution >= 4 is 17.5 Å². The van der Waals surface area contributed by atoms with Crippen LogP contribution in [-0.2, 0) is 0 Å². The first kappa shape index (κ1) is 24.0. The number of hydrogen-bond acceptors (Lipinski definition) is 8. The van der Waals surface area contributed by atoms with E-state index in [0.717, 1.165) is 24.6 Å². The van der Waals surface area contributed by atoms with Crippen molar-refractivity contribution in [2.75, 3.05) is 17.2 Å². The highest BCUT2D eigenvalue weighted by Gasteiger charge is 2.54. The van der Waals surface area contributed by atoms with Crippen LogP contribution in [0.2, 0.25) is 0 Å². The van der Waals surface area contributed by atoms with Crippen LogP contribution in [0.5, 0.6) is 0 Å². The third kappa shape index (κ3) is 4.28. The Kier molecular flexibility index (Phi) is 5.41. The monoisotopic (exact) mass is 517 g/mol. The molecule has 0 spiro atoms. The third-order valence-electron chi connectivity index (χ3n) is 7.74. The van der Waals surface area contributed by atoms with Crippen molar-refractivity contribution in [3.05, 3.63) is 41.9 Å². The number of benzene rings is 1. The highest BCUT2D eigenvalue weighted by atomic mass is 19.3. The van der Waals surface area contributed by atoms with Gasteiger partial charge in [-0.05, 0) is 73.6 Å². The Morgan fingerprint density at radius 1 is 1.11 bits per heavy atom. The summed E-state index contributed by atoms with van der Waals surface area (Å²) in [5, 5.41) is 11.4. The van der Waals surface area contributed by atoms with E-state index in [1.165, 1.54) is 17.1 Å². The molecule has 3 aromatic rings. The third-order valence-corrected chi connectivity index (χ3v) is 7.74. The summed E-state index contributed by atoms with van der Waals surface area (Å²) in [6.07, 6.45) is 4.69. The molecule has 0 radical (unpaired) electrons. The van der Waals surface area contributed by atoms with Crippen LogP contribution in [0, 0.1) is 11.6 Å². The molecule has 9 nitrogen and oxygen atoms in total. The summed E-state index contributed by atoms with van der Waals surface area (Å²) in [7, 11) is 0. The molecule has 2 atom stereocenters. The smallest absolute Gasteiger partial charge is 0.262 e.